The van der Waals surface area contributed by atoms with Crippen molar-refractivity contribution in [2.75, 3.05) is 0 Å². The van der Waals surface area contributed by atoms with Gasteiger partial charge in [-0.1, -0.05) is 175 Å². The predicted octanol–water partition coefficient (Wildman–Crippen LogP) is 13.0. The van der Waals surface area contributed by atoms with E-state index in [9.17, 15) is 0 Å². The van der Waals surface area contributed by atoms with Gasteiger partial charge in [-0.05, 0) is 40.0 Å². The summed E-state index contributed by atoms with van der Waals surface area (Å²) in [6.45, 7) is 14.6. The Kier molecular flexibility index (Phi) is 28.9. The monoisotopic (exact) mass is 522 g/mol. The third kappa shape index (κ3) is 23.6. The number of nitrogens with zero attached hydrogens (tertiary/aromatic N) is 1. The van der Waals surface area contributed by atoms with E-state index in [1.807, 2.05) is 0 Å². The van der Waals surface area contributed by atoms with Gasteiger partial charge in [0, 0.05) is 18.1 Å². The van der Waals surface area contributed by atoms with Gasteiger partial charge in [-0.15, -0.1) is 0 Å². The molecule has 224 valence electrons. The minimum Gasteiger partial charge on any atom is -0.295 e. The van der Waals surface area contributed by atoms with Crippen LogP contribution in [0, 0.1) is 0 Å². The van der Waals surface area contributed by atoms with E-state index in [1.54, 1.807) is 0 Å². The van der Waals surface area contributed by atoms with Crippen LogP contribution in [0.3, 0.4) is 0 Å². The molecule has 1 nitrogen and oxygen atoms in total. The Bertz CT molecular complexity index is 357. The Morgan fingerprint density at radius 3 is 0.703 bits per heavy atom. The summed E-state index contributed by atoms with van der Waals surface area (Å²) in [5.41, 5.74) is 0. The average Bonchev–Trinajstić information content (AvgIpc) is 2.89. The molecule has 0 rings (SSSR count). The maximum atomic E-state index is 2.96. The first-order valence-electron chi connectivity index (χ1n) is 17.9. The Hall–Kier alpha value is -0.0400. The molecule has 0 saturated carbocycles. The van der Waals surface area contributed by atoms with Crippen molar-refractivity contribution in [2.45, 2.75) is 233 Å². The molecule has 37 heavy (non-hydrogen) atoms. The number of rotatable bonds is 30. The van der Waals surface area contributed by atoms with Crippen molar-refractivity contribution in [1.29, 1.82) is 0 Å². The molecule has 0 bridgehead atoms. The van der Waals surface area contributed by atoms with Crippen LogP contribution in [0.15, 0.2) is 0 Å². The van der Waals surface area contributed by atoms with E-state index in [1.165, 1.54) is 173 Å². The highest BCUT2D eigenvalue weighted by atomic mass is 15.2. The Morgan fingerprint density at radius 2 is 0.486 bits per heavy atom. The Labute approximate surface area is 237 Å². The van der Waals surface area contributed by atoms with E-state index < -0.39 is 0 Å². The van der Waals surface area contributed by atoms with Gasteiger partial charge < -0.3 is 0 Å². The molecule has 0 N–H and O–H groups in total. The molecule has 0 aromatic carbocycles. The van der Waals surface area contributed by atoms with E-state index in [-0.39, 0.29) is 0 Å². The van der Waals surface area contributed by atoms with Crippen LogP contribution < -0.4 is 0 Å². The summed E-state index contributed by atoms with van der Waals surface area (Å²) in [5.74, 6) is 0. The fraction of sp³-hybridized carbons (Fsp3) is 1.00. The quantitative estimate of drug-likeness (QED) is 0.0849. The molecule has 0 radical (unpaired) electrons. The van der Waals surface area contributed by atoms with Crippen LogP contribution in [-0.4, -0.2) is 23.0 Å². The number of hydrogen-bond donors (Lipinski definition) is 0. The summed E-state index contributed by atoms with van der Waals surface area (Å²) in [5, 5.41) is 0. The highest BCUT2D eigenvalue weighted by Crippen LogP contribution is 2.24. The first-order valence-corrected chi connectivity index (χ1v) is 17.9. The molecule has 0 amide bonds. The number of unbranched alkanes of at least 4 members (excludes halogenated alkanes) is 21. The third-order valence-electron chi connectivity index (χ3n) is 8.95. The Morgan fingerprint density at radius 1 is 0.297 bits per heavy atom. The summed E-state index contributed by atoms with van der Waals surface area (Å²) in [4.78, 5) is 2.96. The molecule has 0 spiro atoms. The summed E-state index contributed by atoms with van der Waals surface area (Å²) in [6.07, 6.45) is 38.7. The second-order valence-corrected chi connectivity index (χ2v) is 12.8. The lowest BCUT2D eigenvalue weighted by molar-refractivity contribution is 0.0834. The third-order valence-corrected chi connectivity index (χ3v) is 8.95. The van der Waals surface area contributed by atoms with Gasteiger partial charge >= 0.3 is 0 Å². The predicted molar refractivity (Wildman–Crippen MR) is 172 cm³/mol. The van der Waals surface area contributed by atoms with Crippen molar-refractivity contribution in [3.05, 3.63) is 0 Å². The summed E-state index contributed by atoms with van der Waals surface area (Å²) in [6, 6.07) is 2.23. The SMILES string of the molecule is CCCCCCCCCCC(C)N(C(C)CCCCCCCCCC)C(C)CCCCCCCCCC. The van der Waals surface area contributed by atoms with Crippen molar-refractivity contribution in [2.24, 2.45) is 0 Å². The maximum Gasteiger partial charge on any atom is 0.00725 e. The van der Waals surface area contributed by atoms with Crippen LogP contribution in [0.1, 0.15) is 215 Å². The van der Waals surface area contributed by atoms with E-state index in [0.717, 1.165) is 18.1 Å². The molecule has 1 heteroatoms. The number of hydrogen-bond acceptors (Lipinski definition) is 1. The molecule has 0 aliphatic rings. The largest absolute Gasteiger partial charge is 0.295 e. The van der Waals surface area contributed by atoms with Crippen LogP contribution in [0.25, 0.3) is 0 Å². The van der Waals surface area contributed by atoms with Crippen LogP contribution in [0.2, 0.25) is 0 Å². The van der Waals surface area contributed by atoms with Gasteiger partial charge in [0.05, 0.1) is 0 Å². The van der Waals surface area contributed by atoms with Crippen LogP contribution >= 0.6 is 0 Å². The van der Waals surface area contributed by atoms with Crippen LogP contribution in [0.4, 0.5) is 0 Å². The molecule has 0 heterocycles. The molecule has 3 unspecified atom stereocenters. The zero-order chi connectivity index (χ0) is 27.4. The molecular formula is C36H75N. The maximum absolute atomic E-state index is 2.96. The molecule has 0 aromatic heterocycles. The van der Waals surface area contributed by atoms with Crippen molar-refractivity contribution in [3.63, 3.8) is 0 Å². The normalized spacial score (nSPS) is 14.4. The molecule has 0 aliphatic heterocycles. The van der Waals surface area contributed by atoms with Gasteiger partial charge in [0.25, 0.3) is 0 Å². The molecule has 0 fully saturated rings. The first kappa shape index (κ1) is 37.0. The minimum absolute atomic E-state index is 0.744. The van der Waals surface area contributed by atoms with Gasteiger partial charge in [0.1, 0.15) is 0 Å². The standard InChI is InChI=1S/C36H75N/c1-7-10-13-16-19-22-25-28-31-34(4)37(35(5)32-29-26-23-20-17-14-11-8-2)36(6)33-30-27-24-21-18-15-12-9-3/h34-36H,7-33H2,1-6H3. The lowest BCUT2D eigenvalue weighted by Crippen LogP contribution is -2.46. The van der Waals surface area contributed by atoms with E-state index in [4.69, 9.17) is 0 Å². The lowest BCUT2D eigenvalue weighted by atomic mass is 9.97. The van der Waals surface area contributed by atoms with Gasteiger partial charge in [-0.2, -0.15) is 0 Å². The van der Waals surface area contributed by atoms with Gasteiger partial charge in [0.2, 0.25) is 0 Å². The average molecular weight is 522 g/mol. The fourth-order valence-electron chi connectivity index (χ4n) is 6.47. The highest BCUT2D eigenvalue weighted by Gasteiger charge is 2.24. The van der Waals surface area contributed by atoms with Crippen molar-refractivity contribution in [3.8, 4) is 0 Å². The van der Waals surface area contributed by atoms with Gasteiger partial charge in [-0.3, -0.25) is 4.90 Å². The zero-order valence-corrected chi connectivity index (χ0v) is 27.3. The Balaban J connectivity index is 4.42. The van der Waals surface area contributed by atoms with Crippen molar-refractivity contribution in [1.82, 2.24) is 4.90 Å². The summed E-state index contributed by atoms with van der Waals surface area (Å²) < 4.78 is 0. The summed E-state index contributed by atoms with van der Waals surface area (Å²) in [7, 11) is 0. The first-order chi connectivity index (χ1) is 18.1. The highest BCUT2D eigenvalue weighted by molar-refractivity contribution is 4.79. The summed E-state index contributed by atoms with van der Waals surface area (Å²) >= 11 is 0. The van der Waals surface area contributed by atoms with Crippen LogP contribution in [0.5, 0.6) is 0 Å². The van der Waals surface area contributed by atoms with Crippen molar-refractivity contribution >= 4 is 0 Å². The fourth-order valence-corrected chi connectivity index (χ4v) is 6.47. The second kappa shape index (κ2) is 29.0. The molecule has 0 aliphatic carbocycles. The van der Waals surface area contributed by atoms with E-state index in [0.29, 0.717) is 0 Å². The lowest BCUT2D eigenvalue weighted by Gasteiger charge is -2.40. The van der Waals surface area contributed by atoms with Gasteiger partial charge in [-0.25, -0.2) is 0 Å². The van der Waals surface area contributed by atoms with Crippen molar-refractivity contribution < 1.29 is 0 Å². The second-order valence-electron chi connectivity index (χ2n) is 12.8. The molecule has 0 aromatic rings. The topological polar surface area (TPSA) is 3.24 Å². The zero-order valence-electron chi connectivity index (χ0n) is 27.3. The molecular weight excluding hydrogens is 446 g/mol. The molecule has 3 atom stereocenters. The van der Waals surface area contributed by atoms with E-state index >= 15 is 0 Å². The smallest absolute Gasteiger partial charge is 0.00725 e. The molecule has 0 saturated heterocycles. The van der Waals surface area contributed by atoms with Gasteiger partial charge in [0.15, 0.2) is 0 Å². The van der Waals surface area contributed by atoms with Crippen LogP contribution in [-0.2, 0) is 0 Å². The minimum atomic E-state index is 0.744. The van der Waals surface area contributed by atoms with E-state index in [2.05, 4.69) is 46.4 Å².